The number of benzene rings is 2. The summed E-state index contributed by atoms with van der Waals surface area (Å²) in [6.45, 7) is 6.61. The highest BCUT2D eigenvalue weighted by molar-refractivity contribution is 6.25. The molecule has 3 aliphatic carbocycles. The molecule has 0 amide bonds. The molecule has 0 saturated carbocycles. The SMILES string of the molecule is CCCCc1ccc(-c2ccc(O)c3c2C[C@]2(C)C[C@]4(C)CC(O)=C(C(C)=O)C(=O)[C@]4(O)C(O)=C2C3=O)cc1. The minimum atomic E-state index is -2.57. The number of hydrogen-bond acceptors (Lipinski definition) is 7. The number of aromatic hydroxyl groups is 1. The summed E-state index contributed by atoms with van der Waals surface area (Å²) in [5.41, 5.74) is -2.14. The number of ketones is 3. The van der Waals surface area contributed by atoms with Crippen molar-refractivity contribution in [3.63, 3.8) is 0 Å². The molecule has 4 N–H and O–H groups in total. The third-order valence-corrected chi connectivity index (χ3v) is 8.99. The molecule has 0 bridgehead atoms. The summed E-state index contributed by atoms with van der Waals surface area (Å²) in [6.07, 6.45) is 3.27. The van der Waals surface area contributed by atoms with Gasteiger partial charge in [0.15, 0.2) is 17.2 Å². The van der Waals surface area contributed by atoms with E-state index in [1.807, 2.05) is 12.1 Å². The lowest BCUT2D eigenvalue weighted by molar-refractivity contribution is -0.158. The zero-order valence-corrected chi connectivity index (χ0v) is 22.7. The quantitative estimate of drug-likeness (QED) is 0.377. The van der Waals surface area contributed by atoms with Crippen LogP contribution in [0.2, 0.25) is 0 Å². The number of phenols is 1. The van der Waals surface area contributed by atoms with Crippen LogP contribution in [-0.2, 0) is 22.4 Å². The van der Waals surface area contributed by atoms with Crippen LogP contribution in [0.3, 0.4) is 0 Å². The van der Waals surface area contributed by atoms with Gasteiger partial charge in [0.1, 0.15) is 22.8 Å². The summed E-state index contributed by atoms with van der Waals surface area (Å²) in [4.78, 5) is 39.6. The Balaban J connectivity index is 1.68. The Morgan fingerprint density at radius 3 is 2.26 bits per heavy atom. The van der Waals surface area contributed by atoms with Crippen LogP contribution in [0.25, 0.3) is 11.1 Å². The maximum absolute atomic E-state index is 14.0. The zero-order valence-electron chi connectivity index (χ0n) is 22.7. The molecule has 0 saturated heterocycles. The lowest BCUT2D eigenvalue weighted by Gasteiger charge is -2.56. The molecule has 0 unspecified atom stereocenters. The summed E-state index contributed by atoms with van der Waals surface area (Å²) in [5.74, 6) is -4.01. The second kappa shape index (κ2) is 8.91. The van der Waals surface area contributed by atoms with E-state index in [9.17, 15) is 34.8 Å². The number of hydrogen-bond donors (Lipinski definition) is 4. The van der Waals surface area contributed by atoms with Gasteiger partial charge in [0.25, 0.3) is 0 Å². The summed E-state index contributed by atoms with van der Waals surface area (Å²) < 4.78 is 0. The van der Waals surface area contributed by atoms with Crippen molar-refractivity contribution in [1.29, 1.82) is 0 Å². The maximum Gasteiger partial charge on any atom is 0.209 e. The van der Waals surface area contributed by atoms with E-state index in [-0.39, 0.29) is 36.1 Å². The van der Waals surface area contributed by atoms with Gasteiger partial charge in [-0.1, -0.05) is 57.5 Å². The molecule has 204 valence electrons. The lowest BCUT2D eigenvalue weighted by atomic mass is 9.48. The number of aryl methyl sites for hydroxylation is 1. The van der Waals surface area contributed by atoms with Gasteiger partial charge in [0, 0.05) is 22.8 Å². The standard InChI is InChI=1S/C32H34O7/c1-5-6-7-18-8-10-19(11-9-18)20-12-13-22(34)25-21(20)14-30(3)16-31(4)15-23(35)24(17(2)33)28(37)32(31,39)29(38)26(30)27(25)36/h8-13,34-35,38-39H,5-7,14-16H2,1-4H3/t30-,31+,32+/m1/s1. The van der Waals surface area contributed by atoms with Crippen molar-refractivity contribution in [2.75, 3.05) is 0 Å². The average Bonchev–Trinajstić information content (AvgIpc) is 2.85. The average molecular weight is 531 g/mol. The molecule has 0 aromatic heterocycles. The highest BCUT2D eigenvalue weighted by atomic mass is 16.3. The van der Waals surface area contributed by atoms with E-state index in [1.165, 1.54) is 11.6 Å². The fourth-order valence-electron chi connectivity index (χ4n) is 7.16. The Morgan fingerprint density at radius 2 is 1.64 bits per heavy atom. The van der Waals surface area contributed by atoms with Crippen molar-refractivity contribution in [1.82, 2.24) is 0 Å². The van der Waals surface area contributed by atoms with Gasteiger partial charge in [-0.25, -0.2) is 0 Å². The number of allylic oxidation sites excluding steroid dienone is 2. The normalized spacial score (nSPS) is 28.2. The first-order valence-electron chi connectivity index (χ1n) is 13.4. The number of Topliss-reactive ketones (excluding diaryl/α,β-unsaturated/α-hetero) is 3. The molecule has 3 atom stereocenters. The lowest BCUT2D eigenvalue weighted by Crippen LogP contribution is -2.63. The first kappa shape index (κ1) is 26.9. The van der Waals surface area contributed by atoms with E-state index < -0.39 is 50.9 Å². The molecule has 0 fully saturated rings. The predicted molar refractivity (Wildman–Crippen MR) is 146 cm³/mol. The maximum atomic E-state index is 14.0. The van der Waals surface area contributed by atoms with Gasteiger partial charge in [-0.15, -0.1) is 0 Å². The Bertz CT molecular complexity index is 1500. The van der Waals surface area contributed by atoms with E-state index in [0.29, 0.717) is 5.56 Å². The predicted octanol–water partition coefficient (Wildman–Crippen LogP) is 5.47. The molecule has 7 nitrogen and oxygen atoms in total. The summed E-state index contributed by atoms with van der Waals surface area (Å²) >= 11 is 0. The second-order valence-electron chi connectivity index (χ2n) is 11.9. The van der Waals surface area contributed by atoms with Gasteiger partial charge < -0.3 is 20.4 Å². The second-order valence-corrected chi connectivity index (χ2v) is 11.9. The summed E-state index contributed by atoms with van der Waals surface area (Å²) in [7, 11) is 0. The molecule has 0 heterocycles. The third kappa shape index (κ3) is 3.70. The van der Waals surface area contributed by atoms with Crippen LogP contribution in [0.4, 0.5) is 0 Å². The van der Waals surface area contributed by atoms with E-state index >= 15 is 0 Å². The van der Waals surface area contributed by atoms with Crippen LogP contribution in [0, 0.1) is 10.8 Å². The van der Waals surface area contributed by atoms with Gasteiger partial charge in [0.2, 0.25) is 5.78 Å². The van der Waals surface area contributed by atoms with E-state index in [0.717, 1.165) is 37.3 Å². The van der Waals surface area contributed by atoms with Crippen LogP contribution < -0.4 is 0 Å². The van der Waals surface area contributed by atoms with Gasteiger partial charge in [-0.3, -0.25) is 14.4 Å². The molecule has 0 spiro atoms. The van der Waals surface area contributed by atoms with Gasteiger partial charge in [-0.05, 0) is 60.9 Å². The van der Waals surface area contributed by atoms with Crippen LogP contribution in [0.1, 0.15) is 74.9 Å². The molecular formula is C32H34O7. The summed E-state index contributed by atoms with van der Waals surface area (Å²) in [5, 5.41) is 44.7. The number of aliphatic hydroxyl groups excluding tert-OH is 2. The summed E-state index contributed by atoms with van der Waals surface area (Å²) in [6, 6.07) is 11.3. The van der Waals surface area contributed by atoms with E-state index in [2.05, 4.69) is 19.1 Å². The van der Waals surface area contributed by atoms with Gasteiger partial charge in [-0.2, -0.15) is 0 Å². The number of fused-ring (bicyclic) bond motifs is 3. The van der Waals surface area contributed by atoms with E-state index in [4.69, 9.17) is 0 Å². The van der Waals surface area contributed by atoms with Crippen LogP contribution in [-0.4, -0.2) is 43.4 Å². The van der Waals surface area contributed by atoms with Crippen LogP contribution >= 0.6 is 0 Å². The molecule has 7 heteroatoms. The Hall–Kier alpha value is -3.71. The topological polar surface area (TPSA) is 132 Å². The van der Waals surface area contributed by atoms with E-state index in [1.54, 1.807) is 19.9 Å². The van der Waals surface area contributed by atoms with Gasteiger partial charge in [0.05, 0.1) is 5.56 Å². The fourth-order valence-corrected chi connectivity index (χ4v) is 7.16. The van der Waals surface area contributed by atoms with Crippen molar-refractivity contribution in [2.45, 2.75) is 71.8 Å². The molecule has 39 heavy (non-hydrogen) atoms. The molecule has 3 aliphatic rings. The smallest absolute Gasteiger partial charge is 0.209 e. The number of carbonyl (C=O) groups excluding carboxylic acids is 3. The fraction of sp³-hybridized carbons (Fsp3) is 0.406. The molecule has 5 rings (SSSR count). The van der Waals surface area contributed by atoms with Crippen LogP contribution in [0.5, 0.6) is 5.75 Å². The highest BCUT2D eigenvalue weighted by Crippen LogP contribution is 2.62. The van der Waals surface area contributed by atoms with Crippen molar-refractivity contribution in [2.24, 2.45) is 10.8 Å². The molecular weight excluding hydrogens is 496 g/mol. The Kier molecular flexibility index (Phi) is 6.14. The minimum Gasteiger partial charge on any atom is -0.511 e. The van der Waals surface area contributed by atoms with Crippen molar-refractivity contribution >= 4 is 17.3 Å². The number of phenolic OH excluding ortho intramolecular Hbond substituents is 1. The largest absolute Gasteiger partial charge is 0.511 e. The monoisotopic (exact) mass is 530 g/mol. The Labute approximate surface area is 227 Å². The van der Waals surface area contributed by atoms with Crippen molar-refractivity contribution in [3.8, 4) is 16.9 Å². The first-order valence-corrected chi connectivity index (χ1v) is 13.4. The van der Waals surface area contributed by atoms with Crippen LogP contribution in [0.15, 0.2) is 59.1 Å². The minimum absolute atomic E-state index is 0.0298. The van der Waals surface area contributed by atoms with Crippen molar-refractivity contribution < 1.29 is 34.8 Å². The number of carbonyl (C=O) groups is 3. The Morgan fingerprint density at radius 1 is 0.974 bits per heavy atom. The molecule has 0 aliphatic heterocycles. The number of unbranched alkanes of at least 4 members (excludes halogenated alkanes) is 1. The molecule has 2 aromatic carbocycles. The first-order chi connectivity index (χ1) is 18.3. The zero-order chi connectivity index (χ0) is 28.5. The number of aliphatic hydroxyl groups is 3. The highest BCUT2D eigenvalue weighted by Gasteiger charge is 2.67. The molecule has 2 aromatic rings. The van der Waals surface area contributed by atoms with Gasteiger partial charge >= 0.3 is 0 Å². The third-order valence-electron chi connectivity index (χ3n) is 8.99. The van der Waals surface area contributed by atoms with Crippen molar-refractivity contribution in [3.05, 3.63) is 75.8 Å². The number of rotatable bonds is 5. The molecule has 0 radical (unpaired) electrons.